The zero-order valence-electron chi connectivity index (χ0n) is 11.4. The Morgan fingerprint density at radius 1 is 1.56 bits per heavy atom. The topological polar surface area (TPSA) is 45.5 Å². The SMILES string of the molecule is CCNCC(=O)N(C)Cc1ccc(C2CC2C)o1. The Morgan fingerprint density at radius 2 is 2.28 bits per heavy atom. The van der Waals surface area contributed by atoms with E-state index in [9.17, 15) is 4.79 Å². The average Bonchev–Trinajstić information content (AvgIpc) is 2.89. The second-order valence-electron chi connectivity index (χ2n) is 5.15. The van der Waals surface area contributed by atoms with Crippen LogP contribution in [0.1, 0.15) is 37.7 Å². The van der Waals surface area contributed by atoms with Crippen LogP contribution in [-0.4, -0.2) is 30.9 Å². The molecule has 1 aromatic rings. The molecule has 100 valence electrons. The van der Waals surface area contributed by atoms with Gasteiger partial charge in [0.15, 0.2) is 0 Å². The number of carbonyl (C=O) groups excluding carboxylic acids is 1. The summed E-state index contributed by atoms with van der Waals surface area (Å²) >= 11 is 0. The Kier molecular flexibility index (Phi) is 4.07. The average molecular weight is 250 g/mol. The third-order valence-corrected chi connectivity index (χ3v) is 3.50. The monoisotopic (exact) mass is 250 g/mol. The van der Waals surface area contributed by atoms with Crippen LogP contribution in [-0.2, 0) is 11.3 Å². The quantitative estimate of drug-likeness (QED) is 0.839. The van der Waals surface area contributed by atoms with Gasteiger partial charge in [-0.3, -0.25) is 4.79 Å². The minimum atomic E-state index is 0.0922. The molecule has 1 amide bonds. The Balaban J connectivity index is 1.85. The van der Waals surface area contributed by atoms with E-state index < -0.39 is 0 Å². The summed E-state index contributed by atoms with van der Waals surface area (Å²) in [6.45, 7) is 5.97. The van der Waals surface area contributed by atoms with Crippen LogP contribution in [0.2, 0.25) is 0 Å². The van der Waals surface area contributed by atoms with E-state index in [2.05, 4.69) is 12.2 Å². The van der Waals surface area contributed by atoms with E-state index in [1.54, 1.807) is 4.90 Å². The Labute approximate surface area is 108 Å². The molecule has 18 heavy (non-hydrogen) atoms. The predicted octanol–water partition coefficient (Wildman–Crippen LogP) is 1.97. The van der Waals surface area contributed by atoms with Gasteiger partial charge in [-0.2, -0.15) is 0 Å². The van der Waals surface area contributed by atoms with Crippen LogP contribution >= 0.6 is 0 Å². The molecule has 0 aromatic carbocycles. The van der Waals surface area contributed by atoms with Crippen LogP contribution in [0.3, 0.4) is 0 Å². The van der Waals surface area contributed by atoms with Crippen molar-refractivity contribution in [1.29, 1.82) is 0 Å². The highest BCUT2D eigenvalue weighted by Crippen LogP contribution is 2.47. The van der Waals surface area contributed by atoms with E-state index in [1.165, 1.54) is 6.42 Å². The van der Waals surface area contributed by atoms with Gasteiger partial charge in [0.05, 0.1) is 13.1 Å². The lowest BCUT2D eigenvalue weighted by Crippen LogP contribution is -2.34. The normalized spacial score (nSPS) is 21.9. The molecule has 1 aliphatic rings. The lowest BCUT2D eigenvalue weighted by molar-refractivity contribution is -0.129. The Bertz CT molecular complexity index is 414. The first-order valence-electron chi connectivity index (χ1n) is 6.65. The van der Waals surface area contributed by atoms with Crippen LogP contribution in [0.25, 0.3) is 0 Å². The first-order chi connectivity index (χ1) is 8.61. The predicted molar refractivity (Wildman–Crippen MR) is 70.2 cm³/mol. The molecular weight excluding hydrogens is 228 g/mol. The highest BCUT2D eigenvalue weighted by molar-refractivity contribution is 5.77. The first-order valence-corrected chi connectivity index (χ1v) is 6.65. The van der Waals surface area contributed by atoms with Gasteiger partial charge < -0.3 is 14.6 Å². The molecule has 1 saturated carbocycles. The smallest absolute Gasteiger partial charge is 0.236 e. The van der Waals surface area contributed by atoms with Crippen LogP contribution < -0.4 is 5.32 Å². The molecule has 2 rings (SSSR count). The number of likely N-dealkylation sites (N-methyl/N-ethyl adjacent to an activating group) is 2. The minimum Gasteiger partial charge on any atom is -0.464 e. The zero-order valence-corrected chi connectivity index (χ0v) is 11.4. The second-order valence-corrected chi connectivity index (χ2v) is 5.15. The molecule has 1 heterocycles. The van der Waals surface area contributed by atoms with Crippen molar-refractivity contribution in [2.75, 3.05) is 20.1 Å². The fraction of sp³-hybridized carbons (Fsp3) is 0.643. The fourth-order valence-corrected chi connectivity index (χ4v) is 2.09. The lowest BCUT2D eigenvalue weighted by atomic mass is 10.3. The molecule has 1 aliphatic carbocycles. The van der Waals surface area contributed by atoms with E-state index in [4.69, 9.17) is 4.42 Å². The first kappa shape index (κ1) is 13.1. The van der Waals surface area contributed by atoms with Crippen molar-refractivity contribution < 1.29 is 9.21 Å². The highest BCUT2D eigenvalue weighted by Gasteiger charge is 2.36. The third-order valence-electron chi connectivity index (χ3n) is 3.50. The van der Waals surface area contributed by atoms with Gasteiger partial charge in [-0.1, -0.05) is 13.8 Å². The van der Waals surface area contributed by atoms with Crippen molar-refractivity contribution in [1.82, 2.24) is 10.2 Å². The van der Waals surface area contributed by atoms with Crippen molar-refractivity contribution in [3.63, 3.8) is 0 Å². The molecule has 2 unspecified atom stereocenters. The fourth-order valence-electron chi connectivity index (χ4n) is 2.09. The van der Waals surface area contributed by atoms with Crippen LogP contribution in [0.15, 0.2) is 16.5 Å². The van der Waals surface area contributed by atoms with Crippen molar-refractivity contribution in [2.45, 2.75) is 32.7 Å². The van der Waals surface area contributed by atoms with E-state index in [-0.39, 0.29) is 5.91 Å². The number of hydrogen-bond acceptors (Lipinski definition) is 3. The largest absolute Gasteiger partial charge is 0.464 e. The Morgan fingerprint density at radius 3 is 2.89 bits per heavy atom. The van der Waals surface area contributed by atoms with Crippen LogP contribution in [0.4, 0.5) is 0 Å². The minimum absolute atomic E-state index is 0.0922. The molecule has 0 saturated heterocycles. The third kappa shape index (κ3) is 3.13. The van der Waals surface area contributed by atoms with E-state index in [0.29, 0.717) is 19.0 Å². The summed E-state index contributed by atoms with van der Waals surface area (Å²) in [5.74, 6) is 3.38. The highest BCUT2D eigenvalue weighted by atomic mass is 16.3. The molecular formula is C14H22N2O2. The van der Waals surface area contributed by atoms with Crippen molar-refractivity contribution in [3.8, 4) is 0 Å². The van der Waals surface area contributed by atoms with Crippen molar-refractivity contribution in [3.05, 3.63) is 23.7 Å². The molecule has 2 atom stereocenters. The molecule has 0 aliphatic heterocycles. The van der Waals surface area contributed by atoms with Gasteiger partial charge in [-0.05, 0) is 31.0 Å². The summed E-state index contributed by atoms with van der Waals surface area (Å²) < 4.78 is 5.79. The number of nitrogens with one attached hydrogen (secondary N) is 1. The van der Waals surface area contributed by atoms with Gasteiger partial charge >= 0.3 is 0 Å². The molecule has 0 bridgehead atoms. The van der Waals surface area contributed by atoms with E-state index in [1.807, 2.05) is 26.1 Å². The summed E-state index contributed by atoms with van der Waals surface area (Å²) in [5, 5.41) is 3.03. The summed E-state index contributed by atoms with van der Waals surface area (Å²) in [6.07, 6.45) is 1.22. The van der Waals surface area contributed by atoms with Gasteiger partial charge in [-0.15, -0.1) is 0 Å². The molecule has 4 heteroatoms. The number of furan rings is 1. The van der Waals surface area contributed by atoms with E-state index in [0.717, 1.165) is 24.0 Å². The number of carbonyl (C=O) groups is 1. The standard InChI is InChI=1S/C14H22N2O2/c1-4-15-8-14(17)16(3)9-11-5-6-13(18-11)12-7-10(12)2/h5-6,10,12,15H,4,7-9H2,1-3H3. The summed E-state index contributed by atoms with van der Waals surface area (Å²) in [5.41, 5.74) is 0. The second kappa shape index (κ2) is 5.57. The van der Waals surface area contributed by atoms with Crippen molar-refractivity contribution in [2.24, 2.45) is 5.92 Å². The summed E-state index contributed by atoms with van der Waals surface area (Å²) in [7, 11) is 1.81. The number of rotatable bonds is 6. The number of amides is 1. The molecule has 1 aromatic heterocycles. The molecule has 1 fully saturated rings. The lowest BCUT2D eigenvalue weighted by Gasteiger charge is -2.15. The van der Waals surface area contributed by atoms with Gasteiger partial charge in [0, 0.05) is 13.0 Å². The summed E-state index contributed by atoms with van der Waals surface area (Å²) in [4.78, 5) is 13.4. The number of nitrogens with zero attached hydrogens (tertiary/aromatic N) is 1. The van der Waals surface area contributed by atoms with Gasteiger partial charge in [-0.25, -0.2) is 0 Å². The van der Waals surface area contributed by atoms with Gasteiger partial charge in [0.25, 0.3) is 0 Å². The van der Waals surface area contributed by atoms with Gasteiger partial charge in [0.2, 0.25) is 5.91 Å². The maximum atomic E-state index is 11.7. The molecule has 0 radical (unpaired) electrons. The zero-order chi connectivity index (χ0) is 13.1. The molecule has 1 N–H and O–H groups in total. The van der Waals surface area contributed by atoms with Gasteiger partial charge in [0.1, 0.15) is 11.5 Å². The van der Waals surface area contributed by atoms with Crippen molar-refractivity contribution >= 4 is 5.91 Å². The Hall–Kier alpha value is -1.29. The molecule has 0 spiro atoms. The summed E-state index contributed by atoms with van der Waals surface area (Å²) in [6, 6.07) is 4.03. The number of hydrogen-bond donors (Lipinski definition) is 1. The van der Waals surface area contributed by atoms with Crippen LogP contribution in [0.5, 0.6) is 0 Å². The maximum absolute atomic E-state index is 11.7. The molecule has 4 nitrogen and oxygen atoms in total. The van der Waals surface area contributed by atoms with E-state index >= 15 is 0 Å². The van der Waals surface area contributed by atoms with Crippen LogP contribution in [0, 0.1) is 5.92 Å². The maximum Gasteiger partial charge on any atom is 0.236 e.